The Labute approximate surface area is 130 Å². The van der Waals surface area contributed by atoms with Crippen LogP contribution < -0.4 is 5.32 Å². The maximum Gasteiger partial charge on any atom is 0.283 e. The second-order valence-corrected chi connectivity index (χ2v) is 5.36. The Hall–Kier alpha value is -2.39. The molecule has 21 heavy (non-hydrogen) atoms. The number of hydrogen-bond acceptors (Lipinski definition) is 4. The van der Waals surface area contributed by atoms with E-state index in [-0.39, 0.29) is 5.69 Å². The van der Waals surface area contributed by atoms with Crippen molar-refractivity contribution in [3.63, 3.8) is 0 Å². The second kappa shape index (κ2) is 6.37. The van der Waals surface area contributed by atoms with Gasteiger partial charge < -0.3 is 5.32 Å². The quantitative estimate of drug-likeness (QED) is 0.666. The molecule has 0 amide bonds. The van der Waals surface area contributed by atoms with Gasteiger partial charge in [0.05, 0.1) is 20.6 Å². The molecule has 0 spiro atoms. The van der Waals surface area contributed by atoms with Gasteiger partial charge in [-0.3, -0.25) is 10.1 Å². The smallest absolute Gasteiger partial charge is 0.283 e. The van der Waals surface area contributed by atoms with E-state index in [0.717, 1.165) is 16.8 Å². The zero-order valence-corrected chi connectivity index (χ0v) is 12.8. The molecule has 6 heteroatoms. The second-order valence-electron chi connectivity index (χ2n) is 4.51. The number of hydrogen-bond donors (Lipinski definition) is 1. The number of benzene rings is 2. The molecule has 0 aliphatic carbocycles. The third kappa shape index (κ3) is 3.38. The molecule has 0 saturated carbocycles. The summed E-state index contributed by atoms with van der Waals surface area (Å²) in [6.45, 7) is 2.28. The SMILES string of the molecule is Cc1cccc(NCc2ccc(Br)c([N+](=O)[O-])c2)c1C#N. The molecule has 106 valence electrons. The van der Waals surface area contributed by atoms with E-state index in [0.29, 0.717) is 16.6 Å². The van der Waals surface area contributed by atoms with Crippen molar-refractivity contribution in [2.45, 2.75) is 13.5 Å². The third-order valence-corrected chi connectivity index (χ3v) is 3.75. The van der Waals surface area contributed by atoms with Gasteiger partial charge in [0, 0.05) is 12.6 Å². The number of halogens is 1. The van der Waals surface area contributed by atoms with Crippen molar-refractivity contribution in [3.8, 4) is 6.07 Å². The van der Waals surface area contributed by atoms with Crippen molar-refractivity contribution < 1.29 is 4.92 Å². The summed E-state index contributed by atoms with van der Waals surface area (Å²) in [6, 6.07) is 12.7. The van der Waals surface area contributed by atoms with Crippen molar-refractivity contribution in [2.75, 3.05) is 5.32 Å². The van der Waals surface area contributed by atoms with Gasteiger partial charge in [-0.15, -0.1) is 0 Å². The van der Waals surface area contributed by atoms with E-state index in [2.05, 4.69) is 27.3 Å². The van der Waals surface area contributed by atoms with Gasteiger partial charge in [0.15, 0.2) is 0 Å². The summed E-state index contributed by atoms with van der Waals surface area (Å²) in [6.07, 6.45) is 0. The lowest BCUT2D eigenvalue weighted by molar-refractivity contribution is -0.385. The van der Waals surface area contributed by atoms with E-state index < -0.39 is 4.92 Å². The maximum absolute atomic E-state index is 10.9. The number of nitriles is 1. The molecule has 0 radical (unpaired) electrons. The Kier molecular flexibility index (Phi) is 4.55. The minimum atomic E-state index is -0.430. The number of aryl methyl sites for hydroxylation is 1. The monoisotopic (exact) mass is 345 g/mol. The lowest BCUT2D eigenvalue weighted by Gasteiger charge is -2.10. The first-order chi connectivity index (χ1) is 10.0. The third-order valence-electron chi connectivity index (χ3n) is 3.07. The van der Waals surface area contributed by atoms with Crippen LogP contribution in [-0.2, 0) is 6.54 Å². The first kappa shape index (κ1) is 15.0. The molecule has 0 heterocycles. The molecule has 2 aromatic rings. The van der Waals surface area contributed by atoms with Gasteiger partial charge in [0.2, 0.25) is 0 Å². The minimum Gasteiger partial charge on any atom is -0.380 e. The number of anilines is 1. The number of nitro groups is 1. The molecule has 2 aromatic carbocycles. The number of nitrogens with one attached hydrogen (secondary N) is 1. The molecule has 1 N–H and O–H groups in total. The number of nitro benzene ring substituents is 1. The zero-order valence-electron chi connectivity index (χ0n) is 11.3. The molecule has 5 nitrogen and oxygen atoms in total. The molecule has 0 saturated heterocycles. The lowest BCUT2D eigenvalue weighted by atomic mass is 10.1. The highest BCUT2D eigenvalue weighted by Crippen LogP contribution is 2.26. The predicted octanol–water partition coefficient (Wildman–Crippen LogP) is 4.15. The Bertz CT molecular complexity index is 738. The standard InChI is InChI=1S/C15H12BrN3O2/c1-10-3-2-4-14(12(10)8-17)18-9-11-5-6-13(16)15(7-11)19(20)21/h2-7,18H,9H2,1H3. The minimum absolute atomic E-state index is 0.0269. The first-order valence-electron chi connectivity index (χ1n) is 6.19. The summed E-state index contributed by atoms with van der Waals surface area (Å²) in [5.74, 6) is 0. The van der Waals surface area contributed by atoms with Crippen LogP contribution >= 0.6 is 15.9 Å². The summed E-state index contributed by atoms with van der Waals surface area (Å²) in [5.41, 5.74) is 3.01. The number of rotatable bonds is 4. The van der Waals surface area contributed by atoms with Crippen LogP contribution in [0.15, 0.2) is 40.9 Å². The van der Waals surface area contributed by atoms with Crippen LogP contribution in [0.3, 0.4) is 0 Å². The fraction of sp³-hybridized carbons (Fsp3) is 0.133. The molecule has 0 fully saturated rings. The highest BCUT2D eigenvalue weighted by Gasteiger charge is 2.12. The number of nitrogens with zero attached hydrogens (tertiary/aromatic N) is 2. The zero-order chi connectivity index (χ0) is 15.4. The fourth-order valence-electron chi connectivity index (χ4n) is 1.97. The van der Waals surface area contributed by atoms with Crippen LogP contribution in [-0.4, -0.2) is 4.92 Å². The van der Waals surface area contributed by atoms with Gasteiger partial charge in [-0.2, -0.15) is 5.26 Å². The first-order valence-corrected chi connectivity index (χ1v) is 6.98. The maximum atomic E-state index is 10.9. The molecule has 0 aliphatic rings. The van der Waals surface area contributed by atoms with Gasteiger partial charge in [-0.1, -0.05) is 18.2 Å². The van der Waals surface area contributed by atoms with E-state index in [9.17, 15) is 10.1 Å². The average Bonchev–Trinajstić information content (AvgIpc) is 2.46. The average molecular weight is 346 g/mol. The predicted molar refractivity (Wildman–Crippen MR) is 84.0 cm³/mol. The van der Waals surface area contributed by atoms with Crippen molar-refractivity contribution in [1.29, 1.82) is 5.26 Å². The molecular formula is C15H12BrN3O2. The topological polar surface area (TPSA) is 79.0 Å². The fourth-order valence-corrected chi connectivity index (χ4v) is 2.36. The van der Waals surface area contributed by atoms with E-state index in [1.165, 1.54) is 6.07 Å². The Balaban J connectivity index is 2.22. The molecule has 0 unspecified atom stereocenters. The normalized spacial score (nSPS) is 9.95. The summed E-state index contributed by atoms with van der Waals surface area (Å²) in [7, 11) is 0. The van der Waals surface area contributed by atoms with Crippen LogP contribution in [0, 0.1) is 28.4 Å². The van der Waals surface area contributed by atoms with Gasteiger partial charge >= 0.3 is 0 Å². The largest absolute Gasteiger partial charge is 0.380 e. The summed E-state index contributed by atoms with van der Waals surface area (Å²) in [5, 5.41) is 23.2. The molecule has 0 aliphatic heterocycles. The molecular weight excluding hydrogens is 334 g/mol. The Morgan fingerprint density at radius 1 is 1.38 bits per heavy atom. The summed E-state index contributed by atoms with van der Waals surface area (Å²) in [4.78, 5) is 10.5. The van der Waals surface area contributed by atoms with Crippen LogP contribution in [0.2, 0.25) is 0 Å². The highest BCUT2D eigenvalue weighted by molar-refractivity contribution is 9.10. The molecule has 2 rings (SSSR count). The van der Waals surface area contributed by atoms with E-state index >= 15 is 0 Å². The van der Waals surface area contributed by atoms with Crippen molar-refractivity contribution in [3.05, 3.63) is 67.7 Å². The Morgan fingerprint density at radius 2 is 2.14 bits per heavy atom. The van der Waals surface area contributed by atoms with Gasteiger partial charge in [-0.25, -0.2) is 0 Å². The van der Waals surface area contributed by atoms with E-state index in [4.69, 9.17) is 5.26 Å². The molecule has 0 aromatic heterocycles. The van der Waals surface area contributed by atoms with Gasteiger partial charge in [-0.05, 0) is 46.1 Å². The summed E-state index contributed by atoms with van der Waals surface area (Å²) < 4.78 is 0.449. The highest BCUT2D eigenvalue weighted by atomic mass is 79.9. The Morgan fingerprint density at radius 3 is 2.81 bits per heavy atom. The van der Waals surface area contributed by atoms with Gasteiger partial charge in [0.25, 0.3) is 5.69 Å². The van der Waals surface area contributed by atoms with Crippen LogP contribution in [0.1, 0.15) is 16.7 Å². The molecule has 0 bridgehead atoms. The van der Waals surface area contributed by atoms with Gasteiger partial charge in [0.1, 0.15) is 6.07 Å². The summed E-state index contributed by atoms with van der Waals surface area (Å²) >= 11 is 3.15. The van der Waals surface area contributed by atoms with Crippen molar-refractivity contribution in [1.82, 2.24) is 0 Å². The van der Waals surface area contributed by atoms with E-state index in [1.54, 1.807) is 12.1 Å². The van der Waals surface area contributed by atoms with E-state index in [1.807, 2.05) is 25.1 Å². The van der Waals surface area contributed by atoms with Crippen LogP contribution in [0.4, 0.5) is 11.4 Å². The van der Waals surface area contributed by atoms with Crippen LogP contribution in [0.5, 0.6) is 0 Å². The molecule has 0 atom stereocenters. The van der Waals surface area contributed by atoms with Crippen LogP contribution in [0.25, 0.3) is 0 Å². The lowest BCUT2D eigenvalue weighted by Crippen LogP contribution is -2.03. The van der Waals surface area contributed by atoms with Crippen molar-refractivity contribution in [2.24, 2.45) is 0 Å². The van der Waals surface area contributed by atoms with Crippen molar-refractivity contribution >= 4 is 27.3 Å².